The average Bonchev–Trinajstić information content (AvgIpc) is 3.57. The Bertz CT molecular complexity index is 1410. The molecule has 1 saturated carbocycles. The molecule has 2 atom stereocenters. The predicted molar refractivity (Wildman–Crippen MR) is 145 cm³/mol. The maximum Gasteiger partial charge on any atom is 2.00 e. The summed E-state index contributed by atoms with van der Waals surface area (Å²) in [7, 11) is 0. The van der Waals surface area contributed by atoms with Gasteiger partial charge in [0.05, 0.1) is 23.8 Å². The van der Waals surface area contributed by atoms with Gasteiger partial charge in [-0.05, 0) is 71.8 Å². The number of hydrogen-bond donors (Lipinski definition) is 0. The fraction of sp³-hybridized carbons (Fsp3) is 0.500. The third-order valence-corrected chi connectivity index (χ3v) is 8.92. The number of rotatable bonds is 3. The van der Waals surface area contributed by atoms with Crippen LogP contribution in [-0.4, -0.2) is 25.1 Å². The fourth-order valence-electron chi connectivity index (χ4n) is 6.10. The molecule has 0 amide bonds. The molecule has 202 valence electrons. The molecule has 6 rings (SSSR count). The Morgan fingerprint density at radius 1 is 0.947 bits per heavy atom. The normalized spacial score (nSPS) is 20.9. The Balaban J connectivity index is 0.000000260. The van der Waals surface area contributed by atoms with Crippen molar-refractivity contribution in [2.45, 2.75) is 91.4 Å². The largest absolute Gasteiger partial charge is 2.00 e. The van der Waals surface area contributed by atoms with Gasteiger partial charge in [0, 0.05) is 29.2 Å². The minimum Gasteiger partial charge on any atom is -0.573 e. The van der Waals surface area contributed by atoms with Crippen LogP contribution in [-0.2, 0) is 38.3 Å². The number of hydrogen-bond acceptors (Lipinski definition) is 5. The second-order valence-corrected chi connectivity index (χ2v) is 12.2. The summed E-state index contributed by atoms with van der Waals surface area (Å²) in [6.45, 7) is 17.8. The van der Waals surface area contributed by atoms with Crippen molar-refractivity contribution in [1.29, 1.82) is 0 Å². The molecule has 0 radical (unpaired) electrons. The van der Waals surface area contributed by atoms with Crippen LogP contribution in [0.15, 0.2) is 36.9 Å². The Hall–Kier alpha value is -2.66. The molecule has 2 aliphatic carbocycles. The van der Waals surface area contributed by atoms with E-state index in [0.29, 0.717) is 5.92 Å². The zero-order valence-electron chi connectivity index (χ0n) is 23.6. The summed E-state index contributed by atoms with van der Waals surface area (Å²) in [6.07, 6.45) is 10.5. The third-order valence-electron chi connectivity index (χ3n) is 8.92. The van der Waals surface area contributed by atoms with E-state index in [2.05, 4.69) is 91.0 Å². The SMILES string of the molecule is CC(C)(C)c1ccncc1.CCc1n[n-]c(-c2cncc(-c3[n-]nc4c3C3CCC4(C)C3(C)C)n2)c1C.[Pt+2]. The number of aromatic nitrogens is 7. The monoisotopic (exact) mass is 690 g/mol. The molecule has 0 N–H and O–H groups in total. The number of fused-ring (bicyclic) bond motifs is 5. The van der Waals surface area contributed by atoms with E-state index in [0.717, 1.165) is 40.5 Å². The van der Waals surface area contributed by atoms with Crippen LogP contribution in [0.5, 0.6) is 0 Å². The van der Waals surface area contributed by atoms with E-state index >= 15 is 0 Å². The first-order valence-electron chi connectivity index (χ1n) is 13.2. The smallest absolute Gasteiger partial charge is 0.573 e. The van der Waals surface area contributed by atoms with E-state index in [-0.39, 0.29) is 37.3 Å². The summed E-state index contributed by atoms with van der Waals surface area (Å²) in [5, 5.41) is 17.8. The van der Waals surface area contributed by atoms with Crippen LogP contribution in [0, 0.1) is 12.3 Å². The summed E-state index contributed by atoms with van der Waals surface area (Å²) in [4.78, 5) is 13.3. The van der Waals surface area contributed by atoms with Crippen molar-refractivity contribution in [3.8, 4) is 22.8 Å². The second-order valence-electron chi connectivity index (χ2n) is 12.2. The number of aryl methyl sites for hydroxylation is 1. The molecule has 0 aromatic carbocycles. The Morgan fingerprint density at radius 3 is 2.16 bits per heavy atom. The van der Waals surface area contributed by atoms with E-state index < -0.39 is 0 Å². The summed E-state index contributed by atoms with van der Waals surface area (Å²) >= 11 is 0. The number of pyridine rings is 1. The summed E-state index contributed by atoms with van der Waals surface area (Å²) in [5.74, 6) is 0.486. The van der Waals surface area contributed by atoms with Crippen LogP contribution in [0.25, 0.3) is 22.8 Å². The standard InChI is InChI=1S/C21H24N6.C9H13N.Pt/c1-6-13-11(2)17(25-24-13)14-9-22-10-15(23-14)18-16-12-7-8-21(5,20(12,3)4)19(16)27-26-18;1-9(2,3)8-4-6-10-7-5-8;/h9-10,12H,6-8H2,1-5H3;4-7H,1-3H3;/q-2;;+2. The molecule has 2 bridgehead atoms. The summed E-state index contributed by atoms with van der Waals surface area (Å²) in [5.41, 5.74) is 9.70. The van der Waals surface area contributed by atoms with Crippen LogP contribution in [0.1, 0.15) is 95.3 Å². The van der Waals surface area contributed by atoms with Crippen LogP contribution in [0.4, 0.5) is 0 Å². The molecule has 0 aliphatic heterocycles. The van der Waals surface area contributed by atoms with Gasteiger partial charge in [-0.3, -0.25) is 9.97 Å². The van der Waals surface area contributed by atoms with E-state index in [1.807, 2.05) is 19.3 Å². The molecule has 38 heavy (non-hydrogen) atoms. The van der Waals surface area contributed by atoms with Gasteiger partial charge in [-0.15, -0.1) is 0 Å². The van der Waals surface area contributed by atoms with Crippen molar-refractivity contribution < 1.29 is 21.1 Å². The molecule has 4 heterocycles. The summed E-state index contributed by atoms with van der Waals surface area (Å²) in [6, 6.07) is 4.11. The van der Waals surface area contributed by atoms with Crippen molar-refractivity contribution >= 4 is 0 Å². The van der Waals surface area contributed by atoms with Gasteiger partial charge < -0.3 is 20.4 Å². The minimum atomic E-state index is 0. The molecule has 4 aromatic heterocycles. The van der Waals surface area contributed by atoms with Gasteiger partial charge in [0.1, 0.15) is 0 Å². The molecule has 8 heteroatoms. The van der Waals surface area contributed by atoms with Gasteiger partial charge in [0.2, 0.25) is 0 Å². The molecule has 1 fully saturated rings. The van der Waals surface area contributed by atoms with Crippen LogP contribution in [0.3, 0.4) is 0 Å². The molecule has 0 spiro atoms. The van der Waals surface area contributed by atoms with Gasteiger partial charge in [-0.2, -0.15) is 0 Å². The minimum absolute atomic E-state index is 0. The molecular formula is C30H37N7Pt. The van der Waals surface area contributed by atoms with Crippen LogP contribution >= 0.6 is 0 Å². The summed E-state index contributed by atoms with van der Waals surface area (Å²) < 4.78 is 0. The van der Waals surface area contributed by atoms with Crippen molar-refractivity contribution in [3.05, 3.63) is 65.0 Å². The average molecular weight is 691 g/mol. The van der Waals surface area contributed by atoms with E-state index in [9.17, 15) is 0 Å². The van der Waals surface area contributed by atoms with E-state index in [4.69, 9.17) is 4.98 Å². The quantitative estimate of drug-likeness (QED) is 0.263. The molecule has 7 nitrogen and oxygen atoms in total. The maximum atomic E-state index is 4.86. The first-order chi connectivity index (χ1) is 17.5. The maximum absolute atomic E-state index is 4.86. The Labute approximate surface area is 240 Å². The van der Waals surface area contributed by atoms with Gasteiger partial charge >= 0.3 is 21.1 Å². The van der Waals surface area contributed by atoms with Gasteiger partial charge in [0.25, 0.3) is 0 Å². The van der Waals surface area contributed by atoms with Crippen molar-refractivity contribution in [2.75, 3.05) is 0 Å². The first kappa shape index (κ1) is 28.3. The van der Waals surface area contributed by atoms with Crippen molar-refractivity contribution in [3.63, 3.8) is 0 Å². The molecule has 2 unspecified atom stereocenters. The first-order valence-corrected chi connectivity index (χ1v) is 13.2. The Morgan fingerprint density at radius 2 is 1.58 bits per heavy atom. The van der Waals surface area contributed by atoms with Gasteiger partial charge in [-0.25, -0.2) is 4.98 Å². The predicted octanol–water partition coefficient (Wildman–Crippen LogP) is 5.94. The third kappa shape index (κ3) is 4.47. The Kier molecular flexibility index (Phi) is 7.57. The zero-order valence-corrected chi connectivity index (χ0v) is 25.9. The topological polar surface area (TPSA) is 92.7 Å². The fourth-order valence-corrected chi connectivity index (χ4v) is 6.10. The second kappa shape index (κ2) is 10.1. The van der Waals surface area contributed by atoms with Crippen molar-refractivity contribution in [2.24, 2.45) is 5.41 Å². The van der Waals surface area contributed by atoms with Crippen molar-refractivity contribution in [1.82, 2.24) is 35.3 Å². The molecule has 0 saturated heterocycles. The number of nitrogens with zero attached hydrogens (tertiary/aromatic N) is 7. The zero-order chi connectivity index (χ0) is 26.6. The van der Waals surface area contributed by atoms with Gasteiger partial charge in [0.15, 0.2) is 0 Å². The molecule has 4 aromatic rings. The van der Waals surface area contributed by atoms with Crippen LogP contribution < -0.4 is 10.2 Å². The molecule has 2 aliphatic rings. The van der Waals surface area contributed by atoms with Gasteiger partial charge in [-0.1, -0.05) is 59.9 Å². The van der Waals surface area contributed by atoms with E-state index in [1.165, 1.54) is 29.7 Å². The van der Waals surface area contributed by atoms with Crippen LogP contribution in [0.2, 0.25) is 0 Å². The molecular weight excluding hydrogens is 653 g/mol. The van der Waals surface area contributed by atoms with E-state index in [1.54, 1.807) is 12.4 Å².